The van der Waals surface area contributed by atoms with Crippen LogP contribution in [0.1, 0.15) is 29.3 Å². The summed E-state index contributed by atoms with van der Waals surface area (Å²) in [5, 5.41) is 1.17. The van der Waals surface area contributed by atoms with E-state index >= 15 is 0 Å². The van der Waals surface area contributed by atoms with E-state index < -0.39 is 15.6 Å². The zero-order chi connectivity index (χ0) is 21.1. The number of nitrogens with one attached hydrogen (secondary N) is 1. The molecule has 7 heteroatoms. The summed E-state index contributed by atoms with van der Waals surface area (Å²) >= 11 is 3.55. The largest absolute Gasteiger partial charge is 0.364 e. The number of halogens is 1. The number of H-pyrrole nitrogens is 1. The molecule has 0 unspecified atom stereocenters. The predicted octanol–water partition coefficient (Wildman–Crippen LogP) is 5.11. The maximum absolute atomic E-state index is 13.1. The Morgan fingerprint density at radius 3 is 2.67 bits per heavy atom. The summed E-state index contributed by atoms with van der Waals surface area (Å²) in [5.41, 5.74) is 4.30. The summed E-state index contributed by atoms with van der Waals surface area (Å²) in [6.45, 7) is 4.49. The number of fused-ring (bicyclic) bond motifs is 3. The molecule has 1 N–H and O–H groups in total. The minimum Gasteiger partial charge on any atom is -0.364 e. The number of aryl methyl sites for hydroxylation is 1. The van der Waals surface area contributed by atoms with Crippen molar-refractivity contribution >= 4 is 36.9 Å². The molecule has 2 aromatic carbocycles. The maximum atomic E-state index is 13.1. The van der Waals surface area contributed by atoms with Gasteiger partial charge >= 0.3 is 0 Å². The van der Waals surface area contributed by atoms with Crippen LogP contribution in [0.2, 0.25) is 0 Å². The van der Waals surface area contributed by atoms with Crippen molar-refractivity contribution in [2.75, 3.05) is 6.61 Å². The summed E-state index contributed by atoms with van der Waals surface area (Å²) in [6.07, 6.45) is 4.06. The first-order chi connectivity index (χ1) is 14.3. The highest BCUT2D eigenvalue weighted by molar-refractivity contribution is 9.10. The number of rotatable bonds is 3. The van der Waals surface area contributed by atoms with E-state index in [1.807, 2.05) is 32.0 Å². The van der Waals surface area contributed by atoms with Crippen molar-refractivity contribution in [3.8, 4) is 0 Å². The minimum absolute atomic E-state index is 0.265. The van der Waals surface area contributed by atoms with Crippen LogP contribution in [0, 0.1) is 6.92 Å². The normalized spacial score (nSPS) is 19.2. The van der Waals surface area contributed by atoms with Gasteiger partial charge in [-0.1, -0.05) is 33.6 Å². The molecule has 0 saturated carbocycles. The summed E-state index contributed by atoms with van der Waals surface area (Å²) in [7, 11) is -3.66. The van der Waals surface area contributed by atoms with Gasteiger partial charge in [-0.05, 0) is 62.2 Å². The van der Waals surface area contributed by atoms with E-state index in [1.165, 1.54) is 14.9 Å². The van der Waals surface area contributed by atoms with Crippen LogP contribution in [0.25, 0.3) is 10.9 Å². The van der Waals surface area contributed by atoms with Crippen LogP contribution in [0.15, 0.2) is 70.3 Å². The lowest BCUT2D eigenvalue weighted by Gasteiger charge is -2.33. The van der Waals surface area contributed by atoms with Gasteiger partial charge in [0.2, 0.25) is 0 Å². The Labute approximate surface area is 183 Å². The number of aromatic nitrogens is 2. The maximum Gasteiger partial charge on any atom is 0.267 e. The molecule has 30 heavy (non-hydrogen) atoms. The van der Waals surface area contributed by atoms with Gasteiger partial charge in [-0.3, -0.25) is 0 Å². The number of aromatic amines is 1. The molecule has 1 atom stereocenters. The van der Waals surface area contributed by atoms with Gasteiger partial charge in [-0.15, -0.1) is 0 Å². The average Bonchev–Trinajstić information content (AvgIpc) is 3.35. The fourth-order valence-electron chi connectivity index (χ4n) is 4.18. The molecule has 5 rings (SSSR count). The second-order valence-electron chi connectivity index (χ2n) is 7.85. The predicted molar refractivity (Wildman–Crippen MR) is 120 cm³/mol. The van der Waals surface area contributed by atoms with Gasteiger partial charge in [-0.25, -0.2) is 12.4 Å². The fourth-order valence-corrected chi connectivity index (χ4v) is 5.74. The average molecular weight is 485 g/mol. The van der Waals surface area contributed by atoms with Crippen molar-refractivity contribution in [2.45, 2.75) is 30.8 Å². The van der Waals surface area contributed by atoms with Gasteiger partial charge in [0, 0.05) is 33.3 Å². The lowest BCUT2D eigenvalue weighted by molar-refractivity contribution is -0.0165. The number of nitrogens with zero attached hydrogens (tertiary/aromatic N) is 1. The minimum atomic E-state index is -3.66. The Hall–Kier alpha value is -2.35. The molecule has 0 fully saturated rings. The van der Waals surface area contributed by atoms with Crippen molar-refractivity contribution in [3.05, 3.63) is 87.8 Å². The molecule has 2 aromatic heterocycles. The van der Waals surface area contributed by atoms with Gasteiger partial charge < -0.3 is 9.72 Å². The van der Waals surface area contributed by atoms with Crippen LogP contribution in [0.3, 0.4) is 0 Å². The zero-order valence-electron chi connectivity index (χ0n) is 16.6. The molecule has 0 spiro atoms. The Kier molecular flexibility index (Phi) is 4.47. The molecule has 3 heterocycles. The van der Waals surface area contributed by atoms with Gasteiger partial charge in [0.1, 0.15) is 5.60 Å². The first-order valence-corrected chi connectivity index (χ1v) is 12.0. The molecular weight excluding hydrogens is 464 g/mol. The lowest BCUT2D eigenvalue weighted by Crippen LogP contribution is -2.33. The Morgan fingerprint density at radius 2 is 1.90 bits per heavy atom. The molecule has 4 aromatic rings. The molecule has 1 aliphatic heterocycles. The molecule has 0 amide bonds. The van der Waals surface area contributed by atoms with E-state index in [9.17, 15) is 8.42 Å². The van der Waals surface area contributed by atoms with Crippen LogP contribution in [0.5, 0.6) is 0 Å². The molecule has 0 saturated heterocycles. The zero-order valence-corrected chi connectivity index (χ0v) is 19.0. The van der Waals surface area contributed by atoms with Gasteiger partial charge in [-0.2, -0.15) is 0 Å². The smallest absolute Gasteiger partial charge is 0.267 e. The van der Waals surface area contributed by atoms with Crippen molar-refractivity contribution in [1.82, 2.24) is 8.96 Å². The van der Waals surface area contributed by atoms with Crippen LogP contribution < -0.4 is 0 Å². The topological polar surface area (TPSA) is 64.1 Å². The van der Waals surface area contributed by atoms with Crippen molar-refractivity contribution in [3.63, 3.8) is 0 Å². The second-order valence-corrected chi connectivity index (χ2v) is 10.6. The van der Waals surface area contributed by atoms with Crippen LogP contribution >= 0.6 is 15.9 Å². The monoisotopic (exact) mass is 484 g/mol. The molecule has 1 aliphatic rings. The summed E-state index contributed by atoms with van der Waals surface area (Å²) in [5.74, 6) is 0. The quantitative estimate of drug-likeness (QED) is 0.439. The van der Waals surface area contributed by atoms with Gasteiger partial charge in [0.25, 0.3) is 10.0 Å². The van der Waals surface area contributed by atoms with Crippen molar-refractivity contribution in [1.29, 1.82) is 0 Å². The highest BCUT2D eigenvalue weighted by Gasteiger charge is 2.39. The highest BCUT2D eigenvalue weighted by atomic mass is 79.9. The highest BCUT2D eigenvalue weighted by Crippen LogP contribution is 2.42. The summed E-state index contributed by atoms with van der Waals surface area (Å²) in [4.78, 5) is 3.78. The lowest BCUT2D eigenvalue weighted by atomic mass is 9.88. The molecule has 0 aliphatic carbocycles. The fraction of sp³-hybridized carbons (Fsp3) is 0.217. The Balaban J connectivity index is 1.60. The first kappa shape index (κ1) is 19.6. The van der Waals surface area contributed by atoms with Crippen LogP contribution in [-0.4, -0.2) is 24.0 Å². The first-order valence-electron chi connectivity index (χ1n) is 9.74. The summed E-state index contributed by atoms with van der Waals surface area (Å²) in [6, 6.07) is 14.9. The number of hydrogen-bond acceptors (Lipinski definition) is 3. The molecule has 0 bridgehead atoms. The number of hydrogen-bond donors (Lipinski definition) is 1. The second kappa shape index (κ2) is 6.83. The third-order valence-electron chi connectivity index (χ3n) is 5.90. The van der Waals surface area contributed by atoms with E-state index in [0.717, 1.165) is 33.2 Å². The standard InChI is InChI=1S/C23H21BrN2O3S/c1-15-3-6-18(7-4-15)30(27,28)26-11-9-16(14-26)23(2)22-19(10-12-29-23)20-13-17(24)5-8-21(20)25-22/h3-9,11,13-14,25H,10,12H2,1-2H3/t23-/m1/s1. The van der Waals surface area contributed by atoms with E-state index in [4.69, 9.17) is 4.74 Å². The molecule has 0 radical (unpaired) electrons. The third kappa shape index (κ3) is 2.95. The Bertz CT molecular complexity index is 1370. The molecule has 5 nitrogen and oxygen atoms in total. The van der Waals surface area contributed by atoms with Crippen molar-refractivity contribution < 1.29 is 13.2 Å². The van der Waals surface area contributed by atoms with Crippen LogP contribution in [0.4, 0.5) is 0 Å². The number of ether oxygens (including phenoxy) is 1. The van der Waals surface area contributed by atoms with E-state index in [2.05, 4.69) is 27.0 Å². The third-order valence-corrected chi connectivity index (χ3v) is 8.05. The van der Waals surface area contributed by atoms with Gasteiger partial charge in [0.15, 0.2) is 0 Å². The summed E-state index contributed by atoms with van der Waals surface area (Å²) < 4.78 is 34.7. The SMILES string of the molecule is Cc1ccc(S(=O)(=O)n2ccc([C@@]3(C)OCCc4c3[nH]c3ccc(Br)cc43)c2)cc1. The van der Waals surface area contributed by atoms with E-state index in [1.54, 1.807) is 36.7 Å². The molecular formula is C23H21BrN2O3S. The van der Waals surface area contributed by atoms with E-state index in [-0.39, 0.29) is 4.90 Å². The molecule has 154 valence electrons. The van der Waals surface area contributed by atoms with Crippen LogP contribution in [-0.2, 0) is 26.8 Å². The number of benzene rings is 2. The van der Waals surface area contributed by atoms with E-state index in [0.29, 0.717) is 6.61 Å². The van der Waals surface area contributed by atoms with Crippen molar-refractivity contribution in [2.24, 2.45) is 0 Å². The Morgan fingerprint density at radius 1 is 1.13 bits per heavy atom. The van der Waals surface area contributed by atoms with Gasteiger partial charge in [0.05, 0.1) is 17.2 Å².